The Morgan fingerprint density at radius 3 is 2.74 bits per heavy atom. The molecule has 0 bridgehead atoms. The molecule has 1 aliphatic rings. The van der Waals surface area contributed by atoms with Gasteiger partial charge in [0.1, 0.15) is 23.4 Å². The molecule has 7 nitrogen and oxygen atoms in total. The molecular weight excluding hydrogens is 464 g/mol. The van der Waals surface area contributed by atoms with Gasteiger partial charge in [0.15, 0.2) is 5.82 Å². The number of anilines is 2. The third kappa shape index (κ3) is 3.55. The zero-order chi connectivity index (χ0) is 24.4. The number of aliphatic hydroxyl groups is 2. The van der Waals surface area contributed by atoms with Gasteiger partial charge in [-0.1, -0.05) is 18.5 Å². The summed E-state index contributed by atoms with van der Waals surface area (Å²) in [5.41, 5.74) is 12.6. The maximum absolute atomic E-state index is 14.7. The average Bonchev–Trinajstić information content (AvgIpc) is 3.24. The number of hydrogen-bond donors (Lipinski definition) is 4. The number of aryl methyl sites for hydroxylation is 1. The van der Waals surface area contributed by atoms with Gasteiger partial charge in [-0.25, -0.2) is 18.7 Å². The van der Waals surface area contributed by atoms with Gasteiger partial charge in [0.2, 0.25) is 0 Å². The Bertz CT molecular complexity index is 1430. The van der Waals surface area contributed by atoms with Crippen LogP contribution < -0.4 is 11.5 Å². The summed E-state index contributed by atoms with van der Waals surface area (Å²) in [4.78, 5) is 8.41. The van der Waals surface area contributed by atoms with E-state index < -0.39 is 35.3 Å². The van der Waals surface area contributed by atoms with Crippen LogP contribution in [0.5, 0.6) is 0 Å². The van der Waals surface area contributed by atoms with Gasteiger partial charge >= 0.3 is 0 Å². The van der Waals surface area contributed by atoms with Crippen LogP contribution in [-0.2, 0) is 6.42 Å². The summed E-state index contributed by atoms with van der Waals surface area (Å²) in [6.07, 6.45) is 1.78. The number of pyridine rings is 2. The Morgan fingerprint density at radius 1 is 1.21 bits per heavy atom. The van der Waals surface area contributed by atoms with Crippen LogP contribution in [0.1, 0.15) is 31.4 Å². The van der Waals surface area contributed by atoms with Crippen LogP contribution in [0, 0.1) is 17.0 Å². The monoisotopic (exact) mass is 487 g/mol. The van der Waals surface area contributed by atoms with Crippen LogP contribution in [0.4, 0.5) is 20.3 Å². The van der Waals surface area contributed by atoms with Crippen molar-refractivity contribution in [3.05, 3.63) is 58.9 Å². The topological polar surface area (TPSA) is 123 Å². The fraction of sp³-hybridized carbons (Fsp3) is 0.333. The molecule has 0 amide bonds. The lowest BCUT2D eigenvalue weighted by molar-refractivity contribution is -0.0242. The zero-order valence-corrected chi connectivity index (χ0v) is 19.1. The molecule has 10 heteroatoms. The molecule has 0 radical (unpaired) electrons. The lowest BCUT2D eigenvalue weighted by Gasteiger charge is -2.28. The Labute approximate surface area is 199 Å². The highest BCUT2D eigenvalue weighted by Gasteiger charge is 2.50. The van der Waals surface area contributed by atoms with Gasteiger partial charge in [-0.05, 0) is 54.5 Å². The van der Waals surface area contributed by atoms with Gasteiger partial charge < -0.3 is 26.2 Å². The standard InChI is InChI=1S/C24H24ClF2N5O2/c1-24(4-2-11-6-14(26)12-8-13(25)22(29)31-17(12)7-11)9-18(20(33)21(24)34)32-10-15(27)19-16(28)3-5-30-23(19)32/h3,5-8,10,18,20-21,33-34H,2,4,9H2,1H3,(H2,28,30)(H2,29,31)/t18-,20+,21+,24+/m1/s1. The number of hydrogen-bond acceptors (Lipinski definition) is 6. The van der Waals surface area contributed by atoms with E-state index in [1.54, 1.807) is 10.6 Å². The summed E-state index contributed by atoms with van der Waals surface area (Å²) >= 11 is 5.96. The fourth-order valence-electron chi connectivity index (χ4n) is 5.11. The van der Waals surface area contributed by atoms with Crippen molar-refractivity contribution >= 4 is 45.0 Å². The van der Waals surface area contributed by atoms with Crippen LogP contribution in [-0.4, -0.2) is 37.0 Å². The first-order valence-electron chi connectivity index (χ1n) is 10.9. The first-order valence-corrected chi connectivity index (χ1v) is 11.3. The van der Waals surface area contributed by atoms with Crippen LogP contribution in [0.3, 0.4) is 0 Å². The number of rotatable bonds is 4. The highest BCUT2D eigenvalue weighted by molar-refractivity contribution is 6.33. The van der Waals surface area contributed by atoms with Crippen molar-refractivity contribution in [2.75, 3.05) is 11.5 Å². The van der Waals surface area contributed by atoms with Crippen LogP contribution >= 0.6 is 11.6 Å². The number of nitrogens with two attached hydrogens (primary N) is 2. The van der Waals surface area contributed by atoms with Gasteiger partial charge in [-0.3, -0.25) is 0 Å². The Kier molecular flexibility index (Phi) is 5.38. The largest absolute Gasteiger partial charge is 0.398 e. The van der Waals surface area contributed by atoms with Gasteiger partial charge in [0.25, 0.3) is 0 Å². The van der Waals surface area contributed by atoms with Crippen molar-refractivity contribution in [2.24, 2.45) is 5.41 Å². The van der Waals surface area contributed by atoms with Crippen molar-refractivity contribution in [1.82, 2.24) is 14.5 Å². The van der Waals surface area contributed by atoms with Gasteiger partial charge in [-0.2, -0.15) is 0 Å². The Balaban J connectivity index is 1.42. The number of nitrogen functional groups attached to an aromatic ring is 2. The number of benzene rings is 1. The maximum Gasteiger partial charge on any atom is 0.152 e. The highest BCUT2D eigenvalue weighted by atomic mass is 35.5. The molecule has 6 N–H and O–H groups in total. The summed E-state index contributed by atoms with van der Waals surface area (Å²) in [6.45, 7) is 1.86. The van der Waals surface area contributed by atoms with E-state index in [-0.39, 0.29) is 27.3 Å². The van der Waals surface area contributed by atoms with Crippen molar-refractivity contribution < 1.29 is 19.0 Å². The molecular formula is C24H24ClF2N5O2. The normalized spacial score (nSPS) is 24.9. The van der Waals surface area contributed by atoms with Crippen LogP contribution in [0.25, 0.3) is 21.9 Å². The summed E-state index contributed by atoms with van der Waals surface area (Å²) in [5, 5.41) is 22.5. The Hall–Kier alpha value is -3.01. The number of halogens is 3. The molecule has 0 aliphatic heterocycles. The molecule has 1 fully saturated rings. The lowest BCUT2D eigenvalue weighted by atomic mass is 9.80. The van der Waals surface area contributed by atoms with Gasteiger partial charge in [-0.15, -0.1) is 0 Å². The SMILES string of the molecule is C[C@]1(CCc2cc(F)c3cc(Cl)c(N)nc3c2)C[C@@H](n2cc(F)c3c(N)ccnc32)[C@H](O)[C@@H]1O. The molecule has 3 heterocycles. The molecule has 0 spiro atoms. The molecule has 34 heavy (non-hydrogen) atoms. The van der Waals surface area contributed by atoms with E-state index >= 15 is 0 Å². The second-order valence-corrected chi connectivity index (χ2v) is 9.75. The second-order valence-electron chi connectivity index (χ2n) is 9.34. The molecule has 0 saturated heterocycles. The van der Waals surface area contributed by atoms with E-state index in [0.717, 1.165) is 0 Å². The molecule has 178 valence electrons. The van der Waals surface area contributed by atoms with Crippen LogP contribution in [0.15, 0.2) is 36.7 Å². The van der Waals surface area contributed by atoms with Crippen molar-refractivity contribution in [3.8, 4) is 0 Å². The number of aromatic nitrogens is 3. The first kappa shape index (κ1) is 22.8. The minimum Gasteiger partial charge on any atom is -0.398 e. The quantitative estimate of drug-likeness (QED) is 0.345. The van der Waals surface area contributed by atoms with Crippen LogP contribution in [0.2, 0.25) is 5.02 Å². The molecule has 1 aliphatic carbocycles. The predicted octanol–water partition coefficient (Wildman–Crippen LogP) is 3.99. The molecule has 1 saturated carbocycles. The molecule has 3 aromatic heterocycles. The third-order valence-electron chi connectivity index (χ3n) is 7.07. The number of fused-ring (bicyclic) bond motifs is 2. The van der Waals surface area contributed by atoms with Gasteiger partial charge in [0, 0.05) is 23.5 Å². The minimum absolute atomic E-state index is 0.121. The molecule has 5 rings (SSSR count). The Morgan fingerprint density at radius 2 is 1.97 bits per heavy atom. The molecule has 4 atom stereocenters. The molecule has 4 aromatic rings. The van der Waals surface area contributed by atoms with E-state index in [9.17, 15) is 19.0 Å². The third-order valence-corrected chi connectivity index (χ3v) is 7.38. The summed E-state index contributed by atoms with van der Waals surface area (Å²) < 4.78 is 30.8. The minimum atomic E-state index is -1.14. The van der Waals surface area contributed by atoms with E-state index in [4.69, 9.17) is 23.1 Å². The second kappa shape index (κ2) is 8.04. The lowest BCUT2D eigenvalue weighted by Crippen LogP contribution is -2.35. The molecule has 1 aromatic carbocycles. The zero-order valence-electron chi connectivity index (χ0n) is 18.3. The number of aliphatic hydroxyl groups excluding tert-OH is 2. The predicted molar refractivity (Wildman–Crippen MR) is 127 cm³/mol. The van der Waals surface area contributed by atoms with E-state index in [1.165, 1.54) is 30.6 Å². The summed E-state index contributed by atoms with van der Waals surface area (Å²) in [5.74, 6) is -0.875. The summed E-state index contributed by atoms with van der Waals surface area (Å²) in [6, 6.07) is 5.52. The fourth-order valence-corrected chi connectivity index (χ4v) is 5.26. The maximum atomic E-state index is 14.7. The first-order chi connectivity index (χ1) is 16.1. The van der Waals surface area contributed by atoms with E-state index in [1.807, 2.05) is 6.92 Å². The van der Waals surface area contributed by atoms with E-state index in [2.05, 4.69) is 9.97 Å². The van der Waals surface area contributed by atoms with Crippen molar-refractivity contribution in [1.29, 1.82) is 0 Å². The highest BCUT2D eigenvalue weighted by Crippen LogP contribution is 2.48. The van der Waals surface area contributed by atoms with Crippen molar-refractivity contribution in [2.45, 2.75) is 44.4 Å². The summed E-state index contributed by atoms with van der Waals surface area (Å²) in [7, 11) is 0. The van der Waals surface area contributed by atoms with E-state index in [0.29, 0.717) is 36.0 Å². The smallest absolute Gasteiger partial charge is 0.152 e. The van der Waals surface area contributed by atoms with Gasteiger partial charge in [0.05, 0.1) is 28.1 Å². The van der Waals surface area contributed by atoms with Crippen molar-refractivity contribution in [3.63, 3.8) is 0 Å². The molecule has 0 unspecified atom stereocenters. The average molecular weight is 488 g/mol. The number of nitrogens with zero attached hydrogens (tertiary/aromatic N) is 3.